The van der Waals surface area contributed by atoms with Crippen molar-refractivity contribution < 1.29 is 0 Å². The zero-order valence-corrected chi connectivity index (χ0v) is 14.2. The van der Waals surface area contributed by atoms with Gasteiger partial charge in [0, 0.05) is 38.8 Å². The molecule has 1 aliphatic heterocycles. The first-order valence-electron chi connectivity index (χ1n) is 8.45. The highest BCUT2D eigenvalue weighted by Gasteiger charge is 2.18. The van der Waals surface area contributed by atoms with Gasteiger partial charge >= 0.3 is 0 Å². The molecule has 0 aliphatic carbocycles. The van der Waals surface area contributed by atoms with Gasteiger partial charge in [-0.25, -0.2) is 9.67 Å². The number of nitrogens with two attached hydrogens (primary N) is 1. The van der Waals surface area contributed by atoms with E-state index >= 15 is 0 Å². The molecule has 3 aromatic rings. The minimum atomic E-state index is -0.220. The Morgan fingerprint density at radius 2 is 1.88 bits per heavy atom. The van der Waals surface area contributed by atoms with E-state index in [1.165, 1.54) is 18.0 Å². The normalized spacial score (nSPS) is 15.3. The van der Waals surface area contributed by atoms with Crippen LogP contribution in [-0.2, 0) is 6.54 Å². The third-order valence-corrected chi connectivity index (χ3v) is 4.47. The number of anilines is 2. The second kappa shape index (κ2) is 6.96. The molecule has 1 saturated heterocycles. The quantitative estimate of drug-likeness (QED) is 0.693. The van der Waals surface area contributed by atoms with Crippen molar-refractivity contribution in [3.05, 3.63) is 58.9 Å². The molecule has 0 spiro atoms. The van der Waals surface area contributed by atoms with Gasteiger partial charge in [0.2, 0.25) is 5.95 Å². The van der Waals surface area contributed by atoms with Crippen LogP contribution in [0, 0.1) is 0 Å². The third-order valence-electron chi connectivity index (χ3n) is 4.47. The molecule has 134 valence electrons. The van der Waals surface area contributed by atoms with Crippen LogP contribution in [0.5, 0.6) is 0 Å². The average Bonchev–Trinajstić information content (AvgIpc) is 3.17. The molecule has 9 heteroatoms. The second-order valence-electron chi connectivity index (χ2n) is 6.26. The van der Waals surface area contributed by atoms with Gasteiger partial charge in [0.25, 0.3) is 5.56 Å². The zero-order valence-electron chi connectivity index (χ0n) is 14.2. The van der Waals surface area contributed by atoms with Crippen molar-refractivity contribution in [3.63, 3.8) is 0 Å². The van der Waals surface area contributed by atoms with Crippen LogP contribution < -0.4 is 16.2 Å². The molecule has 4 rings (SSSR count). The zero-order chi connectivity index (χ0) is 17.9. The summed E-state index contributed by atoms with van der Waals surface area (Å²) < 4.78 is 1.74. The fourth-order valence-corrected chi connectivity index (χ4v) is 3.11. The molecule has 0 radical (unpaired) electrons. The number of rotatable bonds is 4. The first-order valence-corrected chi connectivity index (χ1v) is 8.45. The van der Waals surface area contributed by atoms with Crippen LogP contribution in [0.15, 0.2) is 47.8 Å². The van der Waals surface area contributed by atoms with Crippen LogP contribution in [0.25, 0.3) is 5.69 Å². The predicted octanol–water partition coefficient (Wildman–Crippen LogP) is 0.255. The SMILES string of the molecule is Nc1nc(N2CCN(Cc3ccc(-n4cncn4)cc3)CC2)cc(=O)[nH]1. The Labute approximate surface area is 150 Å². The van der Waals surface area contributed by atoms with Crippen LogP contribution in [0.1, 0.15) is 5.56 Å². The first kappa shape index (κ1) is 16.3. The van der Waals surface area contributed by atoms with Gasteiger partial charge in [0.05, 0.1) is 5.69 Å². The smallest absolute Gasteiger partial charge is 0.254 e. The number of piperazine rings is 1. The van der Waals surface area contributed by atoms with Gasteiger partial charge in [0.1, 0.15) is 18.5 Å². The maximum Gasteiger partial charge on any atom is 0.254 e. The van der Waals surface area contributed by atoms with Crippen LogP contribution in [-0.4, -0.2) is 55.8 Å². The molecule has 3 heterocycles. The Morgan fingerprint density at radius 3 is 2.54 bits per heavy atom. The van der Waals surface area contributed by atoms with Crippen LogP contribution >= 0.6 is 0 Å². The average molecular weight is 352 g/mol. The Kier molecular flexibility index (Phi) is 4.36. The molecule has 0 saturated carbocycles. The van der Waals surface area contributed by atoms with Crippen molar-refractivity contribution in [2.45, 2.75) is 6.54 Å². The Balaban J connectivity index is 1.35. The van der Waals surface area contributed by atoms with E-state index in [1.54, 1.807) is 11.0 Å². The summed E-state index contributed by atoms with van der Waals surface area (Å²) in [6.45, 7) is 4.31. The number of aromatic amines is 1. The molecule has 1 aromatic carbocycles. The van der Waals surface area contributed by atoms with E-state index in [9.17, 15) is 4.79 Å². The summed E-state index contributed by atoms with van der Waals surface area (Å²) in [5, 5.41) is 4.13. The fraction of sp³-hybridized carbons (Fsp3) is 0.294. The molecule has 0 atom stereocenters. The van der Waals surface area contributed by atoms with E-state index in [-0.39, 0.29) is 11.5 Å². The molecule has 9 nitrogen and oxygen atoms in total. The van der Waals surface area contributed by atoms with Gasteiger partial charge in [-0.3, -0.25) is 14.7 Å². The van der Waals surface area contributed by atoms with E-state index in [4.69, 9.17) is 5.73 Å². The molecule has 1 fully saturated rings. The van der Waals surface area contributed by atoms with Crippen LogP contribution in [0.2, 0.25) is 0 Å². The maximum atomic E-state index is 11.5. The Bertz CT molecular complexity index is 911. The number of benzene rings is 1. The first-order chi connectivity index (χ1) is 12.7. The van der Waals surface area contributed by atoms with Gasteiger partial charge in [-0.1, -0.05) is 12.1 Å². The lowest BCUT2D eigenvalue weighted by atomic mass is 10.2. The van der Waals surface area contributed by atoms with Crippen molar-refractivity contribution in [1.29, 1.82) is 0 Å². The summed E-state index contributed by atoms with van der Waals surface area (Å²) in [5.74, 6) is 0.797. The minimum Gasteiger partial charge on any atom is -0.369 e. The molecule has 1 aliphatic rings. The Morgan fingerprint density at radius 1 is 1.12 bits per heavy atom. The summed E-state index contributed by atoms with van der Waals surface area (Å²) >= 11 is 0. The van der Waals surface area contributed by atoms with Crippen LogP contribution in [0.3, 0.4) is 0 Å². The van der Waals surface area contributed by atoms with Gasteiger partial charge in [-0.2, -0.15) is 10.1 Å². The highest BCUT2D eigenvalue weighted by atomic mass is 16.1. The maximum absolute atomic E-state index is 11.5. The van der Waals surface area contributed by atoms with Crippen LogP contribution in [0.4, 0.5) is 11.8 Å². The Hall–Kier alpha value is -3.20. The lowest BCUT2D eigenvalue weighted by molar-refractivity contribution is 0.249. The largest absolute Gasteiger partial charge is 0.369 e. The number of aromatic nitrogens is 5. The number of nitrogens with one attached hydrogen (secondary N) is 1. The van der Waals surface area contributed by atoms with Crippen molar-refractivity contribution in [2.75, 3.05) is 36.8 Å². The van der Waals surface area contributed by atoms with Crippen molar-refractivity contribution in [1.82, 2.24) is 29.6 Å². The fourth-order valence-electron chi connectivity index (χ4n) is 3.11. The highest BCUT2D eigenvalue weighted by Crippen LogP contribution is 2.15. The van der Waals surface area contributed by atoms with Crippen molar-refractivity contribution >= 4 is 11.8 Å². The lowest BCUT2D eigenvalue weighted by Crippen LogP contribution is -2.46. The molecule has 0 bridgehead atoms. The molecule has 3 N–H and O–H groups in total. The molecule has 26 heavy (non-hydrogen) atoms. The number of nitrogens with zero attached hydrogens (tertiary/aromatic N) is 6. The standard InChI is InChI=1S/C17H20N8O/c18-17-21-15(9-16(26)22-17)24-7-5-23(6-8-24)10-13-1-3-14(4-2-13)25-12-19-11-20-25/h1-4,9,11-12H,5-8,10H2,(H3,18,21,22,26). The topological polar surface area (TPSA) is 109 Å². The molecule has 0 amide bonds. The van der Waals surface area contributed by atoms with Gasteiger partial charge in [0.15, 0.2) is 0 Å². The predicted molar refractivity (Wildman–Crippen MR) is 98.1 cm³/mol. The number of nitrogen functional groups attached to an aromatic ring is 1. The summed E-state index contributed by atoms with van der Waals surface area (Å²) in [6.07, 6.45) is 3.21. The van der Waals surface area contributed by atoms with Gasteiger partial charge in [-0.15, -0.1) is 0 Å². The number of hydrogen-bond acceptors (Lipinski definition) is 7. The minimum absolute atomic E-state index is 0.155. The number of hydrogen-bond donors (Lipinski definition) is 2. The van der Waals surface area contributed by atoms with Gasteiger partial charge in [-0.05, 0) is 17.7 Å². The third kappa shape index (κ3) is 3.57. The number of H-pyrrole nitrogens is 1. The molecular formula is C17H20N8O. The summed E-state index contributed by atoms with van der Waals surface area (Å²) in [5.41, 5.74) is 7.65. The second-order valence-corrected chi connectivity index (χ2v) is 6.26. The monoisotopic (exact) mass is 352 g/mol. The van der Waals surface area contributed by atoms with Crippen molar-refractivity contribution in [2.24, 2.45) is 0 Å². The van der Waals surface area contributed by atoms with E-state index in [2.05, 4.69) is 42.0 Å². The molecule has 2 aromatic heterocycles. The highest BCUT2D eigenvalue weighted by molar-refractivity contribution is 5.41. The molecular weight excluding hydrogens is 332 g/mol. The summed E-state index contributed by atoms with van der Waals surface area (Å²) in [7, 11) is 0. The van der Waals surface area contributed by atoms with E-state index in [1.807, 2.05) is 12.1 Å². The molecule has 0 unspecified atom stereocenters. The summed E-state index contributed by atoms with van der Waals surface area (Å²) in [6, 6.07) is 9.81. The van der Waals surface area contributed by atoms with E-state index < -0.39 is 0 Å². The van der Waals surface area contributed by atoms with Crippen molar-refractivity contribution in [3.8, 4) is 5.69 Å². The summed E-state index contributed by atoms with van der Waals surface area (Å²) in [4.78, 5) is 26.7. The van der Waals surface area contributed by atoms with E-state index in [0.29, 0.717) is 5.82 Å². The lowest BCUT2D eigenvalue weighted by Gasteiger charge is -2.35. The van der Waals surface area contributed by atoms with E-state index in [0.717, 1.165) is 38.4 Å². The van der Waals surface area contributed by atoms with Gasteiger partial charge < -0.3 is 10.6 Å².